The number of hydrogen-bond donors (Lipinski definition) is 5. The van der Waals surface area contributed by atoms with Gasteiger partial charge in [-0.25, -0.2) is 8.42 Å². The van der Waals surface area contributed by atoms with Crippen molar-refractivity contribution >= 4 is 56.9 Å². The van der Waals surface area contributed by atoms with Gasteiger partial charge in [0.05, 0.1) is 17.7 Å². The number of carbonyl (C=O) groups excluding carboxylic acids is 2. The van der Waals surface area contributed by atoms with Gasteiger partial charge in [-0.1, -0.05) is 36.4 Å². The first-order valence-electron chi connectivity index (χ1n) is 13.0. The van der Waals surface area contributed by atoms with Gasteiger partial charge >= 0.3 is 5.97 Å². The molecule has 1 fully saturated rings. The summed E-state index contributed by atoms with van der Waals surface area (Å²) in [6, 6.07) is 10.3. The lowest BCUT2D eigenvalue weighted by atomic mass is 9.98. The minimum Gasteiger partial charge on any atom is -0.481 e. The molecule has 0 unspecified atom stereocenters. The number of carboxylic acid groups (broad SMARTS) is 1. The van der Waals surface area contributed by atoms with Gasteiger partial charge in [-0.15, -0.1) is 19.0 Å². The largest absolute Gasteiger partial charge is 0.481 e. The fourth-order valence-corrected chi connectivity index (χ4v) is 5.86. The number of guanidine groups is 1. The van der Waals surface area contributed by atoms with Crippen LogP contribution in [0.2, 0.25) is 0 Å². The zero-order chi connectivity index (χ0) is 29.3. The van der Waals surface area contributed by atoms with Crippen LogP contribution in [0.4, 0.5) is 0 Å². The molecule has 6 N–H and O–H groups in total. The number of nitrogens with two attached hydrogens (primary N) is 1. The molecule has 0 aromatic heterocycles. The molecule has 2 amide bonds. The number of carbonyl (C=O) groups is 3. The maximum Gasteiger partial charge on any atom is 0.305 e. The smallest absolute Gasteiger partial charge is 0.305 e. The second-order valence-electron chi connectivity index (χ2n) is 9.75. The van der Waals surface area contributed by atoms with Crippen molar-refractivity contribution in [2.24, 2.45) is 11.7 Å². The van der Waals surface area contributed by atoms with Gasteiger partial charge in [0.25, 0.3) is 0 Å². The van der Waals surface area contributed by atoms with Crippen LogP contribution in [0.1, 0.15) is 25.7 Å². The maximum absolute atomic E-state index is 13.5. The normalized spacial score (nSPS) is 15.8. The summed E-state index contributed by atoms with van der Waals surface area (Å²) in [6.45, 7) is 4.84. The molecule has 2 aromatic rings. The predicted molar refractivity (Wildman–Crippen MR) is 158 cm³/mol. The van der Waals surface area contributed by atoms with Gasteiger partial charge in [0, 0.05) is 32.7 Å². The number of rotatable bonds is 13. The SMILES string of the molecule is C=CCN(CCC(=O)O)C(=O)[C@H](CC(=O)NC[C@@H]1CCCN(C(=N)N)C1)NS(=O)(=O)c1ccc2ccccc2c1.Cl. The van der Waals surface area contributed by atoms with E-state index < -0.39 is 40.3 Å². The molecule has 0 radical (unpaired) electrons. The van der Waals surface area contributed by atoms with Crippen molar-refractivity contribution in [3.63, 3.8) is 0 Å². The van der Waals surface area contributed by atoms with Crippen LogP contribution in [0.3, 0.4) is 0 Å². The molecule has 14 heteroatoms. The van der Waals surface area contributed by atoms with Crippen LogP contribution in [0, 0.1) is 11.3 Å². The minimum absolute atomic E-state index is 0. The van der Waals surface area contributed by atoms with E-state index in [0.29, 0.717) is 18.5 Å². The van der Waals surface area contributed by atoms with Gasteiger partial charge in [-0.3, -0.25) is 19.8 Å². The van der Waals surface area contributed by atoms with Crippen molar-refractivity contribution in [2.75, 3.05) is 32.7 Å². The third kappa shape index (κ3) is 9.73. The number of aliphatic carboxylic acids is 1. The molecule has 0 spiro atoms. The van der Waals surface area contributed by atoms with Gasteiger partial charge in [-0.05, 0) is 41.7 Å². The first kappa shape index (κ1) is 33.5. The Bertz CT molecular complexity index is 1370. The van der Waals surface area contributed by atoms with Crippen LogP contribution in [-0.4, -0.2) is 85.8 Å². The second kappa shape index (κ2) is 15.4. The number of likely N-dealkylation sites (tertiary alicyclic amines) is 1. The molecule has 2 aromatic carbocycles. The first-order chi connectivity index (χ1) is 19.0. The highest BCUT2D eigenvalue weighted by Gasteiger charge is 2.32. The predicted octanol–water partition coefficient (Wildman–Crippen LogP) is 1.51. The highest BCUT2D eigenvalue weighted by Crippen LogP contribution is 2.20. The van der Waals surface area contributed by atoms with Crippen LogP contribution < -0.4 is 15.8 Å². The molecule has 1 saturated heterocycles. The molecule has 0 saturated carbocycles. The van der Waals surface area contributed by atoms with Crippen LogP contribution >= 0.6 is 12.4 Å². The first-order valence-corrected chi connectivity index (χ1v) is 14.5. The Labute approximate surface area is 245 Å². The van der Waals surface area contributed by atoms with E-state index in [9.17, 15) is 22.8 Å². The number of nitrogens with zero attached hydrogens (tertiary/aromatic N) is 2. The number of sulfonamides is 1. The fraction of sp³-hybridized carbons (Fsp3) is 0.407. The number of amides is 2. The van der Waals surface area contributed by atoms with E-state index >= 15 is 0 Å². The van der Waals surface area contributed by atoms with Gasteiger partial charge < -0.3 is 26.0 Å². The van der Waals surface area contributed by atoms with Crippen LogP contribution in [-0.2, 0) is 24.4 Å². The number of carboxylic acids is 1. The van der Waals surface area contributed by atoms with E-state index in [-0.39, 0.29) is 55.2 Å². The molecule has 41 heavy (non-hydrogen) atoms. The van der Waals surface area contributed by atoms with Gasteiger partial charge in [0.2, 0.25) is 21.8 Å². The molecule has 0 bridgehead atoms. The number of halogens is 1. The lowest BCUT2D eigenvalue weighted by molar-refractivity contribution is -0.139. The summed E-state index contributed by atoms with van der Waals surface area (Å²) in [5.41, 5.74) is 5.59. The summed E-state index contributed by atoms with van der Waals surface area (Å²) in [6.07, 6.45) is 2.19. The maximum atomic E-state index is 13.5. The average Bonchev–Trinajstić information content (AvgIpc) is 2.93. The van der Waals surface area contributed by atoms with Crippen molar-refractivity contribution in [3.8, 4) is 0 Å². The lowest BCUT2D eigenvalue weighted by Crippen LogP contribution is -2.51. The fourth-order valence-electron chi connectivity index (χ4n) is 4.63. The zero-order valence-corrected chi connectivity index (χ0v) is 24.3. The Morgan fingerprint density at radius 3 is 2.59 bits per heavy atom. The number of fused-ring (bicyclic) bond motifs is 1. The summed E-state index contributed by atoms with van der Waals surface area (Å²) in [7, 11) is -4.24. The summed E-state index contributed by atoms with van der Waals surface area (Å²) in [5, 5.41) is 21.0. The molecule has 1 heterocycles. The number of benzene rings is 2. The van der Waals surface area contributed by atoms with E-state index in [2.05, 4.69) is 16.6 Å². The van der Waals surface area contributed by atoms with E-state index in [4.69, 9.17) is 16.2 Å². The van der Waals surface area contributed by atoms with E-state index in [0.717, 1.165) is 23.1 Å². The van der Waals surface area contributed by atoms with Gasteiger partial charge in [0.15, 0.2) is 5.96 Å². The molecule has 224 valence electrons. The second-order valence-corrected chi connectivity index (χ2v) is 11.5. The Morgan fingerprint density at radius 1 is 1.22 bits per heavy atom. The number of nitrogens with one attached hydrogen (secondary N) is 3. The molecule has 12 nitrogen and oxygen atoms in total. The van der Waals surface area contributed by atoms with Crippen LogP contribution in [0.5, 0.6) is 0 Å². The Kier molecular flexibility index (Phi) is 12.6. The lowest BCUT2D eigenvalue weighted by Gasteiger charge is -2.33. The molecule has 3 rings (SSSR count). The van der Waals surface area contributed by atoms with Crippen molar-refractivity contribution < 1.29 is 27.9 Å². The van der Waals surface area contributed by atoms with Crippen molar-refractivity contribution in [1.29, 1.82) is 5.41 Å². The third-order valence-corrected chi connectivity index (χ3v) is 8.19. The Balaban J connectivity index is 0.00000588. The summed E-state index contributed by atoms with van der Waals surface area (Å²) >= 11 is 0. The molecule has 2 atom stereocenters. The van der Waals surface area contributed by atoms with Gasteiger partial charge in [-0.2, -0.15) is 4.72 Å². The van der Waals surface area contributed by atoms with Crippen molar-refractivity contribution in [1.82, 2.24) is 19.8 Å². The Hall–Kier alpha value is -3.68. The van der Waals surface area contributed by atoms with Crippen LogP contribution in [0.15, 0.2) is 60.0 Å². The molecular weight excluding hydrogens is 572 g/mol. The summed E-state index contributed by atoms with van der Waals surface area (Å²) in [4.78, 5) is 40.4. The number of hydrogen-bond acceptors (Lipinski definition) is 6. The monoisotopic (exact) mass is 608 g/mol. The Morgan fingerprint density at radius 2 is 1.93 bits per heavy atom. The highest BCUT2D eigenvalue weighted by atomic mass is 35.5. The standard InChI is InChI=1S/C27H36N6O6S.ClH/c1-2-12-32(14-11-25(35)36)26(37)23(16-24(34)30-17-19-6-5-13-33(18-19)27(28)29)31-40(38,39)22-10-9-20-7-3-4-8-21(20)15-22;/h2-4,7-10,15,19,23,31H,1,5-6,11-14,16-18H2,(H3,28,29)(H,30,34)(H,35,36);1H/t19-,23-;/m0./s1. The third-order valence-electron chi connectivity index (χ3n) is 6.72. The minimum atomic E-state index is -4.24. The summed E-state index contributed by atoms with van der Waals surface area (Å²) in [5.74, 6) is -2.40. The highest BCUT2D eigenvalue weighted by molar-refractivity contribution is 7.89. The summed E-state index contributed by atoms with van der Waals surface area (Å²) < 4.78 is 29.1. The van der Waals surface area contributed by atoms with E-state index in [1.807, 2.05) is 12.1 Å². The average molecular weight is 609 g/mol. The molecule has 0 aliphatic carbocycles. The quantitative estimate of drug-likeness (QED) is 0.129. The van der Waals surface area contributed by atoms with Gasteiger partial charge in [0.1, 0.15) is 6.04 Å². The van der Waals surface area contributed by atoms with Crippen LogP contribution in [0.25, 0.3) is 10.8 Å². The molecule has 1 aliphatic heterocycles. The van der Waals surface area contributed by atoms with E-state index in [1.165, 1.54) is 18.2 Å². The van der Waals surface area contributed by atoms with E-state index in [1.54, 1.807) is 23.1 Å². The topological polar surface area (TPSA) is 186 Å². The van der Waals surface area contributed by atoms with Crippen molar-refractivity contribution in [3.05, 3.63) is 55.1 Å². The molecule has 1 aliphatic rings. The molecular formula is C27H37ClN6O6S. The van der Waals surface area contributed by atoms with Crippen molar-refractivity contribution in [2.45, 2.75) is 36.6 Å². The number of piperidine rings is 1. The zero-order valence-electron chi connectivity index (χ0n) is 22.6.